The number of anilines is 2. The normalized spacial score (nSPS) is 12.2. The summed E-state index contributed by atoms with van der Waals surface area (Å²) in [4.78, 5) is 13.6. The van der Waals surface area contributed by atoms with Gasteiger partial charge < -0.3 is 16.4 Å². The quantitative estimate of drug-likeness (QED) is 0.792. The minimum absolute atomic E-state index is 0.286. The van der Waals surface area contributed by atoms with Gasteiger partial charge in [-0.25, -0.2) is 0 Å². The van der Waals surface area contributed by atoms with E-state index < -0.39 is 5.91 Å². The Balaban J connectivity index is 3.27. The van der Waals surface area contributed by atoms with Crippen LogP contribution in [-0.4, -0.2) is 31.0 Å². The Hall–Kier alpha value is -1.07. The lowest BCUT2D eigenvalue weighted by atomic mass is 10.1. The second-order valence-corrected chi connectivity index (χ2v) is 5.71. The lowest BCUT2D eigenvalue weighted by Crippen LogP contribution is -2.35. The maximum Gasteiger partial charge on any atom is 0.250 e. The molecule has 1 unspecified atom stereocenters. The van der Waals surface area contributed by atoms with E-state index in [9.17, 15) is 4.79 Å². The summed E-state index contributed by atoms with van der Waals surface area (Å²) >= 11 is 7.99. The highest BCUT2D eigenvalue weighted by atomic mass is 35.5. The first-order valence-corrected chi connectivity index (χ1v) is 7.80. The zero-order valence-corrected chi connectivity index (χ0v) is 13.0. The van der Waals surface area contributed by atoms with Gasteiger partial charge in [0, 0.05) is 24.5 Å². The zero-order valence-electron chi connectivity index (χ0n) is 11.4. The third-order valence-corrected chi connectivity index (χ3v) is 4.09. The number of carbonyl (C=O) groups is 1. The van der Waals surface area contributed by atoms with Crippen molar-refractivity contribution in [2.75, 3.05) is 29.7 Å². The Morgan fingerprint density at radius 3 is 2.63 bits per heavy atom. The number of hydrogen-bond donors (Lipinski definition) is 2. The number of nitrogens with two attached hydrogens (primary N) is 2. The van der Waals surface area contributed by atoms with Crippen LogP contribution in [0.3, 0.4) is 0 Å². The van der Waals surface area contributed by atoms with Gasteiger partial charge in [0.15, 0.2) is 0 Å². The number of carbonyl (C=O) groups excluding carboxylic acids is 1. The number of nitrogens with zero attached hydrogens (tertiary/aromatic N) is 1. The molecule has 0 heterocycles. The van der Waals surface area contributed by atoms with E-state index >= 15 is 0 Å². The third-order valence-electron chi connectivity index (χ3n) is 3.08. The van der Waals surface area contributed by atoms with Crippen LogP contribution in [0.15, 0.2) is 12.1 Å². The maximum atomic E-state index is 11.6. The van der Waals surface area contributed by atoms with Crippen LogP contribution in [0.4, 0.5) is 11.4 Å². The number of rotatable bonds is 6. The van der Waals surface area contributed by atoms with Crippen molar-refractivity contribution in [3.63, 3.8) is 0 Å². The predicted octanol–water partition coefficient (Wildman–Crippen LogP) is 2.60. The molecular weight excluding hydrogens is 282 g/mol. The average molecular weight is 302 g/mol. The molecule has 1 aromatic rings. The Kier molecular flexibility index (Phi) is 5.82. The fourth-order valence-corrected chi connectivity index (χ4v) is 3.25. The predicted molar refractivity (Wildman–Crippen MR) is 85.2 cm³/mol. The van der Waals surface area contributed by atoms with Gasteiger partial charge in [0.2, 0.25) is 0 Å². The molecule has 0 spiro atoms. The van der Waals surface area contributed by atoms with Gasteiger partial charge in [-0.2, -0.15) is 11.8 Å². The molecule has 0 saturated carbocycles. The SMILES string of the molecule is CCC(CSC)N(C)c1c(Cl)cc(N)cc1C(N)=O. The summed E-state index contributed by atoms with van der Waals surface area (Å²) in [6, 6.07) is 3.51. The largest absolute Gasteiger partial charge is 0.399 e. The van der Waals surface area contributed by atoms with Gasteiger partial charge in [-0.05, 0) is 24.8 Å². The summed E-state index contributed by atoms with van der Waals surface area (Å²) in [5.74, 6) is 0.432. The summed E-state index contributed by atoms with van der Waals surface area (Å²) in [5.41, 5.74) is 12.6. The monoisotopic (exact) mass is 301 g/mol. The van der Waals surface area contributed by atoms with Gasteiger partial charge in [-0.1, -0.05) is 18.5 Å². The molecule has 19 heavy (non-hydrogen) atoms. The minimum Gasteiger partial charge on any atom is -0.399 e. The zero-order chi connectivity index (χ0) is 14.6. The lowest BCUT2D eigenvalue weighted by Gasteiger charge is -2.31. The summed E-state index contributed by atoms with van der Waals surface area (Å²) in [7, 11) is 1.92. The first kappa shape index (κ1) is 16.0. The van der Waals surface area contributed by atoms with Gasteiger partial charge in [-0.15, -0.1) is 0 Å². The van der Waals surface area contributed by atoms with E-state index in [1.165, 1.54) is 0 Å². The Bertz CT molecular complexity index is 467. The molecule has 0 saturated heterocycles. The van der Waals surface area contributed by atoms with Crippen molar-refractivity contribution in [3.8, 4) is 0 Å². The second kappa shape index (κ2) is 6.91. The molecule has 4 N–H and O–H groups in total. The molecule has 1 aromatic carbocycles. The van der Waals surface area contributed by atoms with E-state index in [2.05, 4.69) is 13.2 Å². The molecule has 0 bridgehead atoms. The highest BCUT2D eigenvalue weighted by molar-refractivity contribution is 7.98. The Labute approximate surface area is 123 Å². The number of halogens is 1. The van der Waals surface area contributed by atoms with Crippen molar-refractivity contribution in [1.29, 1.82) is 0 Å². The smallest absolute Gasteiger partial charge is 0.250 e. The number of nitrogen functional groups attached to an aromatic ring is 1. The fourth-order valence-electron chi connectivity index (χ4n) is 2.04. The van der Waals surface area contributed by atoms with Gasteiger partial charge in [-0.3, -0.25) is 4.79 Å². The van der Waals surface area contributed by atoms with Crippen molar-refractivity contribution < 1.29 is 4.79 Å². The molecule has 1 rings (SSSR count). The second-order valence-electron chi connectivity index (χ2n) is 4.39. The van der Waals surface area contributed by atoms with Crippen LogP contribution in [0.2, 0.25) is 5.02 Å². The highest BCUT2D eigenvalue weighted by Crippen LogP contribution is 2.33. The lowest BCUT2D eigenvalue weighted by molar-refractivity contribution is 0.100. The molecule has 6 heteroatoms. The fraction of sp³-hybridized carbons (Fsp3) is 0.462. The van der Waals surface area contributed by atoms with Crippen LogP contribution in [0, 0.1) is 0 Å². The molecule has 1 atom stereocenters. The van der Waals surface area contributed by atoms with Crippen LogP contribution < -0.4 is 16.4 Å². The first-order chi connectivity index (χ1) is 8.92. The van der Waals surface area contributed by atoms with Gasteiger partial charge in [0.1, 0.15) is 0 Å². The molecule has 0 aliphatic carbocycles. The van der Waals surface area contributed by atoms with Crippen molar-refractivity contribution in [1.82, 2.24) is 0 Å². The third kappa shape index (κ3) is 3.70. The molecule has 0 aliphatic rings. The molecular formula is C13H20ClN3OS. The topological polar surface area (TPSA) is 72.3 Å². The maximum absolute atomic E-state index is 11.6. The molecule has 4 nitrogen and oxygen atoms in total. The standard InChI is InChI=1S/C13H20ClN3OS/c1-4-9(7-19-3)17(2)12-10(13(16)18)5-8(15)6-11(12)14/h5-6,9H,4,7,15H2,1-3H3,(H2,16,18). The molecule has 0 aliphatic heterocycles. The van der Waals surface area contributed by atoms with E-state index in [1.54, 1.807) is 23.9 Å². The van der Waals surface area contributed by atoms with E-state index in [4.69, 9.17) is 23.1 Å². The summed E-state index contributed by atoms with van der Waals surface area (Å²) < 4.78 is 0. The average Bonchev–Trinajstić information content (AvgIpc) is 2.34. The van der Waals surface area contributed by atoms with Gasteiger partial charge in [0.05, 0.1) is 16.3 Å². The number of benzene rings is 1. The van der Waals surface area contributed by atoms with Crippen LogP contribution >= 0.6 is 23.4 Å². The molecule has 106 valence electrons. The summed E-state index contributed by atoms with van der Waals surface area (Å²) in [6.07, 6.45) is 3.01. The van der Waals surface area contributed by atoms with Gasteiger partial charge in [0.25, 0.3) is 5.91 Å². The van der Waals surface area contributed by atoms with Crippen molar-refractivity contribution >= 4 is 40.6 Å². The Morgan fingerprint density at radius 2 is 2.16 bits per heavy atom. The van der Waals surface area contributed by atoms with E-state index in [0.29, 0.717) is 22.0 Å². The summed E-state index contributed by atoms with van der Waals surface area (Å²) in [6.45, 7) is 2.10. The Morgan fingerprint density at radius 1 is 1.53 bits per heavy atom. The van der Waals surface area contributed by atoms with Crippen LogP contribution in [0.25, 0.3) is 0 Å². The summed E-state index contributed by atoms with van der Waals surface area (Å²) in [5, 5.41) is 0.454. The van der Waals surface area contributed by atoms with E-state index in [0.717, 1.165) is 12.2 Å². The molecule has 0 fully saturated rings. The van der Waals surface area contributed by atoms with Crippen molar-refractivity contribution in [3.05, 3.63) is 22.7 Å². The number of amides is 1. The first-order valence-electron chi connectivity index (χ1n) is 6.02. The van der Waals surface area contributed by atoms with E-state index in [-0.39, 0.29) is 6.04 Å². The van der Waals surface area contributed by atoms with Crippen molar-refractivity contribution in [2.45, 2.75) is 19.4 Å². The number of primary amides is 1. The number of thioether (sulfide) groups is 1. The highest BCUT2D eigenvalue weighted by Gasteiger charge is 2.21. The van der Waals surface area contributed by atoms with E-state index in [1.807, 2.05) is 11.9 Å². The number of hydrogen-bond acceptors (Lipinski definition) is 4. The van der Waals surface area contributed by atoms with Crippen LogP contribution in [0.1, 0.15) is 23.7 Å². The van der Waals surface area contributed by atoms with Crippen LogP contribution in [-0.2, 0) is 0 Å². The minimum atomic E-state index is -0.518. The van der Waals surface area contributed by atoms with Crippen LogP contribution in [0.5, 0.6) is 0 Å². The van der Waals surface area contributed by atoms with Crippen molar-refractivity contribution in [2.24, 2.45) is 5.73 Å². The molecule has 0 aromatic heterocycles. The molecule has 1 amide bonds. The van der Waals surface area contributed by atoms with Gasteiger partial charge >= 0.3 is 0 Å². The molecule has 0 radical (unpaired) electrons.